The van der Waals surface area contributed by atoms with E-state index in [1.165, 1.54) is 0 Å². The second-order valence-corrected chi connectivity index (χ2v) is 7.78. The molecular weight excluding hydrogens is 398 g/mol. The van der Waals surface area contributed by atoms with Gasteiger partial charge < -0.3 is 10.3 Å². The van der Waals surface area contributed by atoms with Crippen LogP contribution in [0, 0.1) is 25.2 Å². The molecule has 4 aromatic rings. The molecule has 2 aromatic heterocycles. The van der Waals surface area contributed by atoms with Crippen LogP contribution in [0.25, 0.3) is 22.5 Å². The summed E-state index contributed by atoms with van der Waals surface area (Å²) in [5.74, 6) is 0.108. The molecule has 158 valence electrons. The van der Waals surface area contributed by atoms with Crippen molar-refractivity contribution < 1.29 is 0 Å². The Morgan fingerprint density at radius 3 is 2.47 bits per heavy atom. The van der Waals surface area contributed by atoms with Gasteiger partial charge in [-0.1, -0.05) is 36.4 Å². The Morgan fingerprint density at radius 1 is 1.00 bits per heavy atom. The number of hydrogen-bond acceptors (Lipinski definition) is 5. The van der Waals surface area contributed by atoms with Crippen LogP contribution in [0.2, 0.25) is 0 Å². The van der Waals surface area contributed by atoms with Crippen LogP contribution in [-0.4, -0.2) is 14.5 Å². The molecule has 0 aliphatic heterocycles. The molecule has 6 heteroatoms. The summed E-state index contributed by atoms with van der Waals surface area (Å²) in [5, 5.41) is 9.33. The van der Waals surface area contributed by atoms with Crippen LogP contribution in [0.5, 0.6) is 0 Å². The number of aromatic nitrogens is 3. The summed E-state index contributed by atoms with van der Waals surface area (Å²) in [6.07, 6.45) is 1.79. The minimum Gasteiger partial charge on any atom is -0.368 e. The van der Waals surface area contributed by atoms with Crippen molar-refractivity contribution in [2.24, 2.45) is 0 Å². The number of nitrogen functional groups attached to an aromatic ring is 1. The van der Waals surface area contributed by atoms with Crippen LogP contribution in [0.3, 0.4) is 0 Å². The number of aryl methyl sites for hydroxylation is 1. The third kappa shape index (κ3) is 3.88. The maximum absolute atomic E-state index is 13.0. The largest absolute Gasteiger partial charge is 0.368 e. The van der Waals surface area contributed by atoms with Gasteiger partial charge in [0.15, 0.2) is 0 Å². The highest BCUT2D eigenvalue weighted by atomic mass is 16.1. The maximum atomic E-state index is 13.0. The summed E-state index contributed by atoms with van der Waals surface area (Å²) in [6.45, 7) is 5.93. The van der Waals surface area contributed by atoms with E-state index >= 15 is 0 Å². The van der Waals surface area contributed by atoms with Gasteiger partial charge in [0.25, 0.3) is 5.56 Å². The third-order valence-corrected chi connectivity index (χ3v) is 5.77. The topological polar surface area (TPSA) is 97.6 Å². The maximum Gasteiger partial charge on any atom is 0.251 e. The third-order valence-electron chi connectivity index (χ3n) is 5.77. The fourth-order valence-electron chi connectivity index (χ4n) is 3.96. The van der Waals surface area contributed by atoms with E-state index < -0.39 is 0 Å². The molecule has 0 saturated heterocycles. The molecule has 1 unspecified atom stereocenters. The number of hydrogen-bond donors (Lipinski definition) is 1. The lowest BCUT2D eigenvalue weighted by atomic mass is 9.99. The monoisotopic (exact) mass is 421 g/mol. The van der Waals surface area contributed by atoms with Crippen molar-refractivity contribution >= 4 is 5.95 Å². The van der Waals surface area contributed by atoms with Crippen LogP contribution in [0.15, 0.2) is 71.7 Å². The highest BCUT2D eigenvalue weighted by Gasteiger charge is 2.14. The van der Waals surface area contributed by atoms with Crippen molar-refractivity contribution in [3.8, 4) is 28.6 Å². The quantitative estimate of drug-likeness (QED) is 0.517. The number of anilines is 1. The fourth-order valence-corrected chi connectivity index (χ4v) is 3.96. The van der Waals surface area contributed by atoms with Gasteiger partial charge in [-0.15, -0.1) is 0 Å². The number of rotatable bonds is 4. The smallest absolute Gasteiger partial charge is 0.251 e. The Morgan fingerprint density at radius 2 is 1.75 bits per heavy atom. The van der Waals surface area contributed by atoms with Crippen molar-refractivity contribution in [1.82, 2.24) is 14.5 Å². The molecule has 0 fully saturated rings. The van der Waals surface area contributed by atoms with Crippen LogP contribution in [0.4, 0.5) is 5.95 Å². The molecule has 0 radical (unpaired) electrons. The molecule has 1 atom stereocenters. The Hall–Kier alpha value is -4.24. The van der Waals surface area contributed by atoms with Crippen molar-refractivity contribution in [2.75, 3.05) is 5.73 Å². The minimum absolute atomic E-state index is 0.0971. The van der Waals surface area contributed by atoms with Gasteiger partial charge in [0, 0.05) is 23.4 Å². The lowest BCUT2D eigenvalue weighted by Crippen LogP contribution is -2.23. The van der Waals surface area contributed by atoms with Crippen LogP contribution in [-0.2, 0) is 0 Å². The van der Waals surface area contributed by atoms with Crippen molar-refractivity contribution in [3.63, 3.8) is 0 Å². The van der Waals surface area contributed by atoms with Gasteiger partial charge in [-0.25, -0.2) is 9.97 Å². The van der Waals surface area contributed by atoms with E-state index in [4.69, 9.17) is 5.73 Å². The number of nitrogens with zero attached hydrogens (tertiary/aromatic N) is 4. The molecule has 4 rings (SSSR count). The molecule has 0 aliphatic rings. The molecule has 2 aromatic carbocycles. The van der Waals surface area contributed by atoms with Gasteiger partial charge in [0.05, 0.1) is 29.1 Å². The molecule has 2 N–H and O–H groups in total. The molecule has 0 saturated carbocycles. The number of nitriles is 1. The SMILES string of the molecule is Cc1ccccc1C(C)n1ccc(-c2cc(-c3cccc(C#N)c3C)nc(N)n2)cc1=O. The zero-order chi connectivity index (χ0) is 22.8. The van der Waals surface area contributed by atoms with E-state index in [0.717, 1.165) is 22.3 Å². The Labute approximate surface area is 186 Å². The molecule has 0 spiro atoms. The summed E-state index contributed by atoms with van der Waals surface area (Å²) < 4.78 is 1.71. The second-order valence-electron chi connectivity index (χ2n) is 7.78. The Balaban J connectivity index is 1.76. The van der Waals surface area contributed by atoms with E-state index in [1.54, 1.807) is 29.0 Å². The van der Waals surface area contributed by atoms with E-state index in [2.05, 4.69) is 16.0 Å². The number of benzene rings is 2. The van der Waals surface area contributed by atoms with Crippen LogP contribution in [0.1, 0.15) is 35.2 Å². The Bertz CT molecular complexity index is 1410. The fraction of sp³-hybridized carbons (Fsp3) is 0.154. The van der Waals surface area contributed by atoms with Gasteiger partial charge in [0.2, 0.25) is 5.95 Å². The minimum atomic E-state index is -0.125. The zero-order valence-electron chi connectivity index (χ0n) is 18.2. The first kappa shape index (κ1) is 21.0. The summed E-state index contributed by atoms with van der Waals surface area (Å²) in [6, 6.07) is 20.8. The van der Waals surface area contributed by atoms with Crippen molar-refractivity contribution in [1.29, 1.82) is 5.26 Å². The van der Waals surface area contributed by atoms with E-state index in [9.17, 15) is 10.1 Å². The lowest BCUT2D eigenvalue weighted by Gasteiger charge is -2.18. The molecular formula is C26H23N5O. The first-order valence-electron chi connectivity index (χ1n) is 10.3. The second kappa shape index (κ2) is 8.48. The Kier molecular flexibility index (Phi) is 5.57. The highest BCUT2D eigenvalue weighted by molar-refractivity contribution is 5.72. The molecule has 0 amide bonds. The first-order chi connectivity index (χ1) is 15.4. The van der Waals surface area contributed by atoms with Crippen molar-refractivity contribution in [3.05, 3.63) is 99.5 Å². The van der Waals surface area contributed by atoms with E-state index in [1.807, 2.05) is 63.2 Å². The molecule has 0 aliphatic carbocycles. The van der Waals surface area contributed by atoms with E-state index in [-0.39, 0.29) is 17.5 Å². The molecule has 32 heavy (non-hydrogen) atoms. The van der Waals surface area contributed by atoms with Gasteiger partial charge in [-0.05, 0) is 55.7 Å². The summed E-state index contributed by atoms with van der Waals surface area (Å²) in [5.41, 5.74) is 12.1. The molecule has 2 heterocycles. The highest BCUT2D eigenvalue weighted by Crippen LogP contribution is 2.28. The number of nitrogens with two attached hydrogens (primary N) is 1. The molecule has 0 bridgehead atoms. The first-order valence-corrected chi connectivity index (χ1v) is 10.3. The average Bonchev–Trinajstić information content (AvgIpc) is 2.78. The summed E-state index contributed by atoms with van der Waals surface area (Å²) in [4.78, 5) is 21.7. The summed E-state index contributed by atoms with van der Waals surface area (Å²) in [7, 11) is 0. The van der Waals surface area contributed by atoms with Gasteiger partial charge >= 0.3 is 0 Å². The van der Waals surface area contributed by atoms with Gasteiger partial charge in [-0.2, -0.15) is 5.26 Å². The van der Waals surface area contributed by atoms with Gasteiger partial charge in [-0.3, -0.25) is 4.79 Å². The lowest BCUT2D eigenvalue weighted by molar-refractivity contribution is 0.612. The van der Waals surface area contributed by atoms with Crippen molar-refractivity contribution in [2.45, 2.75) is 26.8 Å². The standard InChI is InChI=1S/C26H23N5O/c1-16-7-4-5-9-21(16)18(3)31-12-11-19(13-25(31)32)23-14-24(30-26(28)29-23)22-10-6-8-20(15-27)17(22)2/h4-14,18H,1-3H3,(H2,28,29,30). The van der Waals surface area contributed by atoms with Crippen LogP contribution >= 0.6 is 0 Å². The number of pyridine rings is 1. The van der Waals surface area contributed by atoms with Gasteiger partial charge in [0.1, 0.15) is 0 Å². The van der Waals surface area contributed by atoms with E-state index in [0.29, 0.717) is 22.5 Å². The average molecular weight is 422 g/mol. The normalized spacial score (nSPS) is 11.7. The predicted octanol–water partition coefficient (Wildman–Crippen LogP) is 4.65. The zero-order valence-corrected chi connectivity index (χ0v) is 18.2. The molecule has 6 nitrogen and oxygen atoms in total. The predicted molar refractivity (Wildman–Crippen MR) is 126 cm³/mol. The summed E-state index contributed by atoms with van der Waals surface area (Å²) >= 11 is 0. The van der Waals surface area contributed by atoms with Crippen LogP contribution < -0.4 is 11.3 Å².